The summed E-state index contributed by atoms with van der Waals surface area (Å²) in [6.07, 6.45) is 5.45. The van der Waals surface area contributed by atoms with Gasteiger partial charge in [0.2, 0.25) is 11.8 Å². The van der Waals surface area contributed by atoms with Crippen molar-refractivity contribution in [3.05, 3.63) is 41.8 Å². The summed E-state index contributed by atoms with van der Waals surface area (Å²) < 4.78 is 10.3. The first-order valence-electron chi connectivity index (χ1n) is 8.94. The Labute approximate surface area is 153 Å². The lowest BCUT2D eigenvalue weighted by atomic mass is 10.2. The van der Waals surface area contributed by atoms with Gasteiger partial charge in [-0.25, -0.2) is 0 Å². The summed E-state index contributed by atoms with van der Waals surface area (Å²) in [5.41, 5.74) is 0.952. The van der Waals surface area contributed by atoms with Crippen LogP contribution in [0.3, 0.4) is 0 Å². The lowest BCUT2D eigenvalue weighted by Gasteiger charge is -2.21. The van der Waals surface area contributed by atoms with Gasteiger partial charge in [0.05, 0.1) is 19.6 Å². The monoisotopic (exact) mass is 359 g/mol. The zero-order valence-electron chi connectivity index (χ0n) is 15.1. The number of hydrogen-bond acceptors (Lipinski definition) is 7. The molecule has 0 saturated carbocycles. The van der Waals surface area contributed by atoms with Gasteiger partial charge in [-0.1, -0.05) is 11.2 Å². The van der Waals surface area contributed by atoms with Crippen molar-refractivity contribution in [2.24, 2.45) is 0 Å². The quantitative estimate of drug-likeness (QED) is 0.727. The van der Waals surface area contributed by atoms with Crippen LogP contribution >= 0.6 is 0 Å². The molecule has 0 aromatic carbocycles. The molecule has 2 aromatic heterocycles. The zero-order valence-corrected chi connectivity index (χ0v) is 15.1. The van der Waals surface area contributed by atoms with Gasteiger partial charge >= 0.3 is 0 Å². The molecule has 0 aliphatic carbocycles. The van der Waals surface area contributed by atoms with Gasteiger partial charge in [-0.3, -0.25) is 14.7 Å². The molecule has 8 heteroatoms. The fraction of sp³-hybridized carbons (Fsp3) is 0.556. The number of ether oxygens (including phenoxy) is 1. The van der Waals surface area contributed by atoms with Crippen LogP contribution in [-0.2, 0) is 28.9 Å². The number of nitrogens with zero attached hydrogens (tertiary/aromatic N) is 5. The summed E-state index contributed by atoms with van der Waals surface area (Å²) in [6, 6.07) is 3.80. The van der Waals surface area contributed by atoms with Crippen molar-refractivity contribution in [2.45, 2.75) is 25.8 Å². The van der Waals surface area contributed by atoms with Crippen molar-refractivity contribution in [1.82, 2.24) is 24.9 Å². The van der Waals surface area contributed by atoms with E-state index in [-0.39, 0.29) is 5.91 Å². The Balaban J connectivity index is 1.48. The third-order valence-corrected chi connectivity index (χ3v) is 4.42. The molecular weight excluding hydrogens is 334 g/mol. The van der Waals surface area contributed by atoms with Crippen LogP contribution < -0.4 is 0 Å². The molecule has 3 heterocycles. The van der Waals surface area contributed by atoms with E-state index in [0.717, 1.165) is 31.6 Å². The number of carbonyl (C=O) groups is 1. The molecule has 26 heavy (non-hydrogen) atoms. The summed E-state index contributed by atoms with van der Waals surface area (Å²) in [7, 11) is 1.65. The lowest BCUT2D eigenvalue weighted by Crippen LogP contribution is -2.36. The molecule has 140 valence electrons. The minimum atomic E-state index is 0.152. The maximum absolute atomic E-state index is 12.5. The van der Waals surface area contributed by atoms with Gasteiger partial charge in [-0.15, -0.1) is 0 Å². The standard InChI is InChI=1S/C18H25N5O3/c1-25-11-5-16-20-17(26-21-16)14-22-7-3-8-23(10-9-22)18(24)12-15-4-2-6-19-13-15/h2,4,6,13H,3,5,7-12,14H2,1H3. The number of aromatic nitrogens is 3. The Kier molecular flexibility index (Phi) is 6.68. The summed E-state index contributed by atoms with van der Waals surface area (Å²) in [6.45, 7) is 4.39. The van der Waals surface area contributed by atoms with Crippen molar-refractivity contribution >= 4 is 5.91 Å². The topological polar surface area (TPSA) is 84.6 Å². The van der Waals surface area contributed by atoms with Crippen LogP contribution in [-0.4, -0.2) is 70.7 Å². The molecule has 1 aliphatic heterocycles. The number of rotatable bonds is 7. The van der Waals surface area contributed by atoms with Gasteiger partial charge in [0.15, 0.2) is 5.82 Å². The second-order valence-corrected chi connectivity index (χ2v) is 6.40. The van der Waals surface area contributed by atoms with Crippen LogP contribution in [0, 0.1) is 0 Å². The Hall–Kier alpha value is -2.32. The third kappa shape index (κ3) is 5.34. The molecule has 1 amide bonds. The van der Waals surface area contributed by atoms with Crippen molar-refractivity contribution in [1.29, 1.82) is 0 Å². The molecule has 1 fully saturated rings. The molecular formula is C18H25N5O3. The molecule has 8 nitrogen and oxygen atoms in total. The van der Waals surface area contributed by atoms with Gasteiger partial charge in [0.1, 0.15) is 0 Å². The van der Waals surface area contributed by atoms with E-state index in [9.17, 15) is 4.79 Å². The van der Waals surface area contributed by atoms with Crippen molar-refractivity contribution in [3.8, 4) is 0 Å². The average Bonchev–Trinajstić information content (AvgIpc) is 2.96. The predicted molar refractivity (Wildman–Crippen MR) is 94.3 cm³/mol. The third-order valence-electron chi connectivity index (χ3n) is 4.42. The van der Waals surface area contributed by atoms with E-state index < -0.39 is 0 Å². The van der Waals surface area contributed by atoms with Crippen LogP contribution in [0.5, 0.6) is 0 Å². The summed E-state index contributed by atoms with van der Waals surface area (Å²) >= 11 is 0. The van der Waals surface area contributed by atoms with Crippen LogP contribution in [0.15, 0.2) is 29.0 Å². The Bertz CT molecular complexity index is 691. The van der Waals surface area contributed by atoms with Crippen LogP contribution in [0.4, 0.5) is 0 Å². The number of pyridine rings is 1. The van der Waals surface area contributed by atoms with E-state index >= 15 is 0 Å². The molecule has 1 saturated heterocycles. The predicted octanol–water partition coefficient (Wildman–Crippen LogP) is 0.930. The maximum Gasteiger partial charge on any atom is 0.240 e. The highest BCUT2D eigenvalue weighted by molar-refractivity contribution is 5.78. The largest absolute Gasteiger partial charge is 0.384 e. The highest BCUT2D eigenvalue weighted by Crippen LogP contribution is 2.10. The number of hydrogen-bond donors (Lipinski definition) is 0. The molecule has 0 atom stereocenters. The first-order chi connectivity index (χ1) is 12.7. The SMILES string of the molecule is COCCc1noc(CN2CCCN(C(=O)Cc3cccnc3)CC2)n1. The average molecular weight is 359 g/mol. The van der Waals surface area contributed by atoms with E-state index in [1.165, 1.54) is 0 Å². The van der Waals surface area contributed by atoms with Gasteiger partial charge in [0, 0.05) is 52.1 Å². The van der Waals surface area contributed by atoms with Crippen LogP contribution in [0.1, 0.15) is 23.7 Å². The van der Waals surface area contributed by atoms with Gasteiger partial charge < -0.3 is 14.2 Å². The van der Waals surface area contributed by atoms with Crippen LogP contribution in [0.2, 0.25) is 0 Å². The fourth-order valence-corrected chi connectivity index (χ4v) is 3.01. The maximum atomic E-state index is 12.5. The smallest absolute Gasteiger partial charge is 0.240 e. The second kappa shape index (κ2) is 9.40. The van der Waals surface area contributed by atoms with Crippen molar-refractivity contribution in [3.63, 3.8) is 0 Å². The molecule has 0 unspecified atom stereocenters. The van der Waals surface area contributed by atoms with Gasteiger partial charge in [0.25, 0.3) is 0 Å². The molecule has 0 bridgehead atoms. The Morgan fingerprint density at radius 2 is 2.23 bits per heavy atom. The van der Waals surface area contributed by atoms with Crippen molar-refractivity contribution in [2.75, 3.05) is 39.9 Å². The lowest BCUT2D eigenvalue weighted by molar-refractivity contribution is -0.130. The first kappa shape index (κ1) is 18.5. The minimum Gasteiger partial charge on any atom is -0.384 e. The highest BCUT2D eigenvalue weighted by atomic mass is 16.5. The molecule has 2 aromatic rings. The first-order valence-corrected chi connectivity index (χ1v) is 8.94. The highest BCUT2D eigenvalue weighted by Gasteiger charge is 2.20. The number of amides is 1. The normalized spacial score (nSPS) is 15.8. The number of methoxy groups -OCH3 is 1. The Morgan fingerprint density at radius 3 is 3.04 bits per heavy atom. The van der Waals surface area contributed by atoms with Gasteiger partial charge in [-0.05, 0) is 18.1 Å². The molecule has 0 N–H and O–H groups in total. The van der Waals surface area contributed by atoms with E-state index in [0.29, 0.717) is 44.3 Å². The molecule has 0 spiro atoms. The molecule has 1 aliphatic rings. The van der Waals surface area contributed by atoms with E-state index in [1.807, 2.05) is 17.0 Å². The van der Waals surface area contributed by atoms with Crippen LogP contribution in [0.25, 0.3) is 0 Å². The van der Waals surface area contributed by atoms with E-state index in [1.54, 1.807) is 19.5 Å². The summed E-state index contributed by atoms with van der Waals surface area (Å²) in [4.78, 5) is 25.2. The van der Waals surface area contributed by atoms with Gasteiger partial charge in [-0.2, -0.15) is 4.98 Å². The van der Waals surface area contributed by atoms with E-state index in [2.05, 4.69) is 20.0 Å². The summed E-state index contributed by atoms with van der Waals surface area (Å²) in [5, 5.41) is 3.97. The molecule has 3 rings (SSSR count). The minimum absolute atomic E-state index is 0.152. The fourth-order valence-electron chi connectivity index (χ4n) is 3.01. The summed E-state index contributed by atoms with van der Waals surface area (Å²) in [5.74, 6) is 1.44. The molecule has 0 radical (unpaired) electrons. The van der Waals surface area contributed by atoms with Crippen molar-refractivity contribution < 1.29 is 14.1 Å². The van der Waals surface area contributed by atoms with E-state index in [4.69, 9.17) is 9.26 Å². The zero-order chi connectivity index (χ0) is 18.2. The number of carbonyl (C=O) groups excluding carboxylic acids is 1. The second-order valence-electron chi connectivity index (χ2n) is 6.40. The Morgan fingerprint density at radius 1 is 1.31 bits per heavy atom.